The van der Waals surface area contributed by atoms with Crippen LogP contribution < -0.4 is 10.9 Å². The smallest absolute Gasteiger partial charge is 0.491 e. The number of rotatable bonds is 7. The van der Waals surface area contributed by atoms with Crippen molar-refractivity contribution in [2.75, 3.05) is 0 Å². The molecule has 0 amide bonds. The van der Waals surface area contributed by atoms with Crippen LogP contribution in [-0.2, 0) is 20.5 Å². The molecule has 0 aromatic heterocycles. The van der Waals surface area contributed by atoms with Crippen LogP contribution in [0.1, 0.15) is 62.4 Å². The van der Waals surface area contributed by atoms with Gasteiger partial charge in [-0.3, -0.25) is 14.4 Å². The summed E-state index contributed by atoms with van der Waals surface area (Å²) in [7, 11) is -3.11. The Morgan fingerprint density at radius 1 is 0.767 bits per heavy atom. The number of phenolic OH excluding ortho intramolecular Hbond substituents is 2. The highest BCUT2D eigenvalue weighted by Gasteiger charge is 2.51. The molecule has 2 aliphatic rings. The number of phenols is 2. The molecular formula is C32H26B2O9. The number of hydrogen-bond acceptors (Lipinski definition) is 9. The van der Waals surface area contributed by atoms with Gasteiger partial charge in [0.25, 0.3) is 0 Å². The average Bonchev–Trinajstić information content (AvgIpc) is 3.02. The molecule has 2 atom stereocenters. The standard InChI is InChI=1S/C32H26B2O9/c1-18(35)32(43-34(41)20-12-6-3-7-13-20)16-23-25(24(17-32)42-33(40)19-10-4-2-5-11-19)31(39)27-26(30(23)38)28(36)21-14-8-9-15-22(21)29(27)37/h2-15,24,38-41H,16-17H2,1H3/t24-,32-/m1/s1. The Hall–Kier alpha value is -4.54. The molecule has 0 fully saturated rings. The predicted molar refractivity (Wildman–Crippen MR) is 158 cm³/mol. The molecule has 0 saturated carbocycles. The molecule has 214 valence electrons. The molecule has 4 aromatic carbocycles. The Morgan fingerprint density at radius 2 is 1.26 bits per heavy atom. The molecule has 0 spiro atoms. The number of carbonyl (C=O) groups excluding carboxylic acids is 3. The summed E-state index contributed by atoms with van der Waals surface area (Å²) in [5, 5.41) is 45.3. The zero-order chi connectivity index (χ0) is 30.5. The fourth-order valence-corrected chi connectivity index (χ4v) is 5.98. The number of carbonyl (C=O) groups is 3. The van der Waals surface area contributed by atoms with E-state index < -0.39 is 60.4 Å². The van der Waals surface area contributed by atoms with Crippen molar-refractivity contribution >= 4 is 42.5 Å². The lowest BCUT2D eigenvalue weighted by molar-refractivity contribution is -0.137. The SMILES string of the molecule is CC(=O)[C@@]1(OB(O)c2ccccc2)Cc2c(O)c3c(c(O)c2[C@H](OB(O)c2ccccc2)C1)C(=O)c1ccccc1C3=O. The van der Waals surface area contributed by atoms with Gasteiger partial charge < -0.3 is 29.6 Å². The van der Waals surface area contributed by atoms with Gasteiger partial charge in [0.15, 0.2) is 17.3 Å². The van der Waals surface area contributed by atoms with E-state index in [9.17, 15) is 34.6 Å². The van der Waals surface area contributed by atoms with Crippen molar-refractivity contribution in [3.63, 3.8) is 0 Å². The van der Waals surface area contributed by atoms with Crippen molar-refractivity contribution in [3.8, 4) is 11.5 Å². The molecule has 0 bridgehead atoms. The van der Waals surface area contributed by atoms with Gasteiger partial charge in [-0.2, -0.15) is 0 Å². The van der Waals surface area contributed by atoms with Crippen LogP contribution in [-0.4, -0.2) is 57.4 Å². The second-order valence-corrected chi connectivity index (χ2v) is 10.7. The topological polar surface area (TPSA) is 151 Å². The maximum absolute atomic E-state index is 13.6. The summed E-state index contributed by atoms with van der Waals surface area (Å²) in [4.78, 5) is 40.5. The van der Waals surface area contributed by atoms with Crippen LogP contribution >= 0.6 is 0 Å². The lowest BCUT2D eigenvalue weighted by atomic mass is 9.69. The highest BCUT2D eigenvalue weighted by molar-refractivity contribution is 6.60. The first-order valence-electron chi connectivity index (χ1n) is 13.7. The van der Waals surface area contributed by atoms with E-state index in [-0.39, 0.29) is 40.7 Å². The van der Waals surface area contributed by atoms with Gasteiger partial charge in [0, 0.05) is 35.1 Å². The highest BCUT2D eigenvalue weighted by Crippen LogP contribution is 2.52. The summed E-state index contributed by atoms with van der Waals surface area (Å²) in [5.41, 5.74) is -1.85. The lowest BCUT2D eigenvalue weighted by Gasteiger charge is -2.42. The summed E-state index contributed by atoms with van der Waals surface area (Å²) in [6, 6.07) is 22.8. The van der Waals surface area contributed by atoms with Crippen LogP contribution in [0.3, 0.4) is 0 Å². The third-order valence-corrected chi connectivity index (χ3v) is 8.20. The minimum atomic E-state index is -1.82. The van der Waals surface area contributed by atoms with E-state index in [4.69, 9.17) is 9.31 Å². The van der Waals surface area contributed by atoms with Gasteiger partial charge >= 0.3 is 14.2 Å². The van der Waals surface area contributed by atoms with Crippen LogP contribution in [0.25, 0.3) is 0 Å². The molecule has 9 nitrogen and oxygen atoms in total. The first-order chi connectivity index (χ1) is 20.6. The molecule has 0 radical (unpaired) electrons. The number of hydrogen-bond donors (Lipinski definition) is 4. The zero-order valence-electron chi connectivity index (χ0n) is 23.1. The maximum Gasteiger partial charge on any atom is 0.491 e. The molecule has 2 aliphatic carbocycles. The molecule has 43 heavy (non-hydrogen) atoms. The van der Waals surface area contributed by atoms with Crippen LogP contribution in [0.2, 0.25) is 0 Å². The van der Waals surface area contributed by atoms with Crippen molar-refractivity contribution in [1.82, 2.24) is 0 Å². The van der Waals surface area contributed by atoms with Gasteiger partial charge in [0.2, 0.25) is 0 Å². The summed E-state index contributed by atoms with van der Waals surface area (Å²) >= 11 is 0. The molecule has 0 aliphatic heterocycles. The molecule has 11 heteroatoms. The van der Waals surface area contributed by atoms with Crippen LogP contribution in [0.15, 0.2) is 84.9 Å². The number of Topliss-reactive ketones (excluding diaryl/α,β-unsaturated/α-hetero) is 1. The first-order valence-corrected chi connectivity index (χ1v) is 13.7. The van der Waals surface area contributed by atoms with Gasteiger partial charge in [-0.25, -0.2) is 0 Å². The minimum Gasteiger partial charge on any atom is -0.507 e. The highest BCUT2D eigenvalue weighted by atomic mass is 16.6. The molecule has 0 unspecified atom stereocenters. The third kappa shape index (κ3) is 4.76. The lowest BCUT2D eigenvalue weighted by Crippen LogP contribution is -2.54. The van der Waals surface area contributed by atoms with Crippen LogP contribution in [0.5, 0.6) is 11.5 Å². The fourth-order valence-electron chi connectivity index (χ4n) is 5.98. The quantitative estimate of drug-likeness (QED) is 0.169. The summed E-state index contributed by atoms with van der Waals surface area (Å²) in [6.07, 6.45) is -1.98. The monoisotopic (exact) mass is 576 g/mol. The van der Waals surface area contributed by atoms with E-state index in [0.717, 1.165) is 0 Å². The Kier molecular flexibility index (Phi) is 7.27. The fraction of sp³-hybridized carbons (Fsp3) is 0.156. The summed E-state index contributed by atoms with van der Waals surface area (Å²) in [6.45, 7) is 1.26. The van der Waals surface area contributed by atoms with Crippen molar-refractivity contribution < 1.29 is 44.0 Å². The molecular weight excluding hydrogens is 550 g/mol. The molecule has 0 saturated heterocycles. The zero-order valence-corrected chi connectivity index (χ0v) is 23.1. The second-order valence-electron chi connectivity index (χ2n) is 10.7. The summed E-state index contributed by atoms with van der Waals surface area (Å²) in [5.74, 6) is -3.07. The van der Waals surface area contributed by atoms with Gasteiger partial charge in [0.1, 0.15) is 17.1 Å². The number of ketones is 3. The van der Waals surface area contributed by atoms with E-state index in [0.29, 0.717) is 10.9 Å². The Morgan fingerprint density at radius 3 is 1.79 bits per heavy atom. The van der Waals surface area contributed by atoms with E-state index in [1.807, 2.05) is 0 Å². The van der Waals surface area contributed by atoms with Crippen LogP contribution in [0, 0.1) is 0 Å². The van der Waals surface area contributed by atoms with Crippen molar-refractivity contribution in [3.05, 3.63) is 118 Å². The Balaban J connectivity index is 1.53. The summed E-state index contributed by atoms with van der Waals surface area (Å²) < 4.78 is 12.1. The van der Waals surface area contributed by atoms with Crippen molar-refractivity contribution in [2.24, 2.45) is 0 Å². The van der Waals surface area contributed by atoms with Gasteiger partial charge in [-0.15, -0.1) is 0 Å². The minimum absolute atomic E-state index is 0.0542. The van der Waals surface area contributed by atoms with Gasteiger partial charge in [0.05, 0.1) is 17.2 Å². The van der Waals surface area contributed by atoms with E-state index in [1.54, 1.807) is 72.8 Å². The van der Waals surface area contributed by atoms with Gasteiger partial charge in [-0.1, -0.05) is 84.9 Å². The first kappa shape index (κ1) is 28.6. The Bertz CT molecular complexity index is 1760. The molecule has 4 N–H and O–H groups in total. The van der Waals surface area contributed by atoms with Gasteiger partial charge in [-0.05, 0) is 17.8 Å². The van der Waals surface area contributed by atoms with E-state index in [2.05, 4.69) is 0 Å². The maximum atomic E-state index is 13.6. The largest absolute Gasteiger partial charge is 0.507 e. The molecule has 4 aromatic rings. The van der Waals surface area contributed by atoms with E-state index >= 15 is 0 Å². The Labute approximate surface area is 247 Å². The number of aromatic hydroxyl groups is 2. The number of benzene rings is 4. The third-order valence-electron chi connectivity index (χ3n) is 8.20. The second kappa shape index (κ2) is 10.9. The van der Waals surface area contributed by atoms with E-state index in [1.165, 1.54) is 19.1 Å². The van der Waals surface area contributed by atoms with Crippen molar-refractivity contribution in [2.45, 2.75) is 31.5 Å². The molecule has 0 heterocycles. The molecule has 6 rings (SSSR count). The normalized spacial score (nSPS) is 18.8. The average molecular weight is 576 g/mol. The van der Waals surface area contributed by atoms with Crippen LogP contribution in [0.4, 0.5) is 0 Å². The van der Waals surface area contributed by atoms with Crippen molar-refractivity contribution in [1.29, 1.82) is 0 Å². The number of fused-ring (bicyclic) bond motifs is 3. The predicted octanol–water partition coefficient (Wildman–Crippen LogP) is 2.00.